The summed E-state index contributed by atoms with van der Waals surface area (Å²) in [5, 5.41) is 0.560. The molecule has 0 amide bonds. The number of morpholine rings is 2. The van der Waals surface area contributed by atoms with Gasteiger partial charge in [0.2, 0.25) is 0 Å². The molecular weight excluding hydrogens is 466 g/mol. The van der Waals surface area contributed by atoms with Crippen molar-refractivity contribution in [2.24, 2.45) is 0 Å². The van der Waals surface area contributed by atoms with Gasteiger partial charge in [-0.3, -0.25) is 4.79 Å². The molecule has 0 saturated carbocycles. The Labute approximate surface area is 211 Å². The molecule has 2 aliphatic rings. The highest BCUT2D eigenvalue weighted by molar-refractivity contribution is 6.29. The van der Waals surface area contributed by atoms with E-state index in [2.05, 4.69) is 30.8 Å². The summed E-state index contributed by atoms with van der Waals surface area (Å²) in [6, 6.07) is 17.1. The molecule has 0 atom stereocenters. The minimum absolute atomic E-state index is 0.481. The molecule has 0 N–H and O–H groups in total. The van der Waals surface area contributed by atoms with Crippen molar-refractivity contribution < 1.29 is 14.3 Å². The molecule has 35 heavy (non-hydrogen) atoms. The minimum Gasteiger partial charge on any atom is -0.378 e. The molecule has 5 rings (SSSR count). The molecule has 3 aromatic heterocycles. The molecule has 8 nitrogen and oxygen atoms in total. The number of ether oxygens (including phenoxy) is 2. The van der Waals surface area contributed by atoms with Crippen LogP contribution < -0.4 is 9.80 Å². The predicted octanol–water partition coefficient (Wildman–Crippen LogP) is 4.00. The minimum atomic E-state index is 0.481. The van der Waals surface area contributed by atoms with Crippen LogP contribution >= 0.6 is 11.6 Å². The second-order valence-electron chi connectivity index (χ2n) is 7.98. The molecule has 2 fully saturated rings. The average molecular weight is 498 g/mol. The summed E-state index contributed by atoms with van der Waals surface area (Å²) >= 11 is 5.53. The Morgan fingerprint density at radius 3 is 1.66 bits per heavy atom. The number of pyridine rings is 3. The van der Waals surface area contributed by atoms with Crippen molar-refractivity contribution in [1.82, 2.24) is 15.0 Å². The zero-order chi connectivity index (χ0) is 24.9. The van der Waals surface area contributed by atoms with E-state index < -0.39 is 0 Å². The van der Waals surface area contributed by atoms with E-state index in [0.29, 0.717) is 10.8 Å². The first-order valence-electron chi connectivity index (χ1n) is 11.7. The Balaban J connectivity index is 0.000000152. The second-order valence-corrected chi connectivity index (χ2v) is 8.36. The van der Waals surface area contributed by atoms with Gasteiger partial charge in [-0.1, -0.05) is 29.8 Å². The number of aryl methyl sites for hydroxylation is 2. The van der Waals surface area contributed by atoms with Crippen molar-refractivity contribution in [3.05, 3.63) is 76.8 Å². The van der Waals surface area contributed by atoms with E-state index >= 15 is 0 Å². The van der Waals surface area contributed by atoms with Gasteiger partial charge in [0.25, 0.3) is 0 Å². The van der Waals surface area contributed by atoms with Gasteiger partial charge in [0.1, 0.15) is 22.5 Å². The van der Waals surface area contributed by atoms with E-state index in [1.165, 1.54) is 0 Å². The lowest BCUT2D eigenvalue weighted by atomic mass is 10.3. The number of carbonyl (C=O) groups is 1. The van der Waals surface area contributed by atoms with Gasteiger partial charge in [0, 0.05) is 37.6 Å². The Morgan fingerprint density at radius 2 is 1.20 bits per heavy atom. The van der Waals surface area contributed by atoms with E-state index in [9.17, 15) is 4.79 Å². The molecule has 5 heterocycles. The van der Waals surface area contributed by atoms with E-state index in [1.54, 1.807) is 12.1 Å². The largest absolute Gasteiger partial charge is 0.378 e. The van der Waals surface area contributed by atoms with Crippen LogP contribution in [0.5, 0.6) is 0 Å². The molecule has 0 aliphatic carbocycles. The number of anilines is 2. The summed E-state index contributed by atoms with van der Waals surface area (Å²) in [5.74, 6) is 1.93. The number of carbonyl (C=O) groups excluding carboxylic acids is 1. The Kier molecular flexibility index (Phi) is 10.9. The number of hydrogen-bond donors (Lipinski definition) is 0. The van der Waals surface area contributed by atoms with Crippen LogP contribution in [-0.4, -0.2) is 73.8 Å². The van der Waals surface area contributed by atoms with Gasteiger partial charge < -0.3 is 19.3 Å². The number of rotatable bonds is 3. The molecule has 0 spiro atoms. The van der Waals surface area contributed by atoms with Gasteiger partial charge in [0.05, 0.1) is 26.4 Å². The Bertz CT molecular complexity index is 1040. The fourth-order valence-corrected chi connectivity index (χ4v) is 3.69. The summed E-state index contributed by atoms with van der Waals surface area (Å²) in [7, 11) is 0. The van der Waals surface area contributed by atoms with Crippen molar-refractivity contribution in [1.29, 1.82) is 0 Å². The van der Waals surface area contributed by atoms with Crippen LogP contribution in [0.15, 0.2) is 54.6 Å². The lowest BCUT2D eigenvalue weighted by Crippen LogP contribution is -2.36. The van der Waals surface area contributed by atoms with Crippen molar-refractivity contribution in [2.75, 3.05) is 62.4 Å². The fraction of sp³-hybridized carbons (Fsp3) is 0.385. The third-order valence-corrected chi connectivity index (χ3v) is 5.49. The summed E-state index contributed by atoms with van der Waals surface area (Å²) in [6.07, 6.45) is 0.768. The molecule has 0 radical (unpaired) electrons. The van der Waals surface area contributed by atoms with E-state index in [4.69, 9.17) is 21.1 Å². The maximum Gasteiger partial charge on any atom is 0.168 e. The molecular formula is C26H32ClN5O3. The lowest BCUT2D eigenvalue weighted by molar-refractivity contribution is 0.111. The summed E-state index contributed by atoms with van der Waals surface area (Å²) in [4.78, 5) is 27.5. The van der Waals surface area contributed by atoms with Crippen LogP contribution in [0.4, 0.5) is 11.6 Å². The van der Waals surface area contributed by atoms with E-state index in [0.717, 1.165) is 81.9 Å². The third kappa shape index (κ3) is 9.24. The number of aromatic nitrogens is 3. The van der Waals surface area contributed by atoms with Gasteiger partial charge >= 0.3 is 0 Å². The zero-order valence-electron chi connectivity index (χ0n) is 20.3. The number of hydrogen-bond acceptors (Lipinski definition) is 8. The molecule has 186 valence electrons. The monoisotopic (exact) mass is 497 g/mol. The Hall–Kier alpha value is -3.07. The van der Waals surface area contributed by atoms with E-state index in [-0.39, 0.29) is 0 Å². The molecule has 2 saturated heterocycles. The Morgan fingerprint density at radius 1 is 0.714 bits per heavy atom. The summed E-state index contributed by atoms with van der Waals surface area (Å²) < 4.78 is 10.5. The first kappa shape index (κ1) is 26.5. The van der Waals surface area contributed by atoms with Gasteiger partial charge in [-0.25, -0.2) is 15.0 Å². The van der Waals surface area contributed by atoms with Gasteiger partial charge in [-0.2, -0.15) is 0 Å². The zero-order valence-corrected chi connectivity index (χ0v) is 21.0. The van der Waals surface area contributed by atoms with E-state index in [1.807, 2.05) is 50.2 Å². The van der Waals surface area contributed by atoms with Crippen LogP contribution in [-0.2, 0) is 9.47 Å². The molecule has 0 unspecified atom stereocenters. The maximum absolute atomic E-state index is 10.5. The highest BCUT2D eigenvalue weighted by Crippen LogP contribution is 2.13. The lowest BCUT2D eigenvalue weighted by Gasteiger charge is -2.27. The van der Waals surface area contributed by atoms with Gasteiger partial charge in [-0.15, -0.1) is 0 Å². The average Bonchev–Trinajstić information content (AvgIpc) is 2.90. The summed E-state index contributed by atoms with van der Waals surface area (Å²) in [6.45, 7) is 10.6. The number of nitrogens with zero attached hydrogens (tertiary/aromatic N) is 5. The van der Waals surface area contributed by atoms with Crippen LogP contribution in [0.2, 0.25) is 5.15 Å². The van der Waals surface area contributed by atoms with Crippen molar-refractivity contribution in [3.8, 4) is 0 Å². The number of halogens is 1. The van der Waals surface area contributed by atoms with Crippen molar-refractivity contribution in [3.63, 3.8) is 0 Å². The maximum atomic E-state index is 10.5. The molecule has 0 bridgehead atoms. The molecule has 2 aliphatic heterocycles. The molecule has 9 heteroatoms. The van der Waals surface area contributed by atoms with Crippen molar-refractivity contribution in [2.45, 2.75) is 13.8 Å². The van der Waals surface area contributed by atoms with Crippen molar-refractivity contribution >= 4 is 29.5 Å². The van der Waals surface area contributed by atoms with Crippen LogP contribution in [0.1, 0.15) is 21.9 Å². The first-order chi connectivity index (χ1) is 17.0. The smallest absolute Gasteiger partial charge is 0.168 e. The molecule has 0 aromatic carbocycles. The first-order valence-corrected chi connectivity index (χ1v) is 12.0. The van der Waals surface area contributed by atoms with Crippen LogP contribution in [0.25, 0.3) is 0 Å². The van der Waals surface area contributed by atoms with Crippen LogP contribution in [0, 0.1) is 13.8 Å². The van der Waals surface area contributed by atoms with Gasteiger partial charge in [-0.05, 0) is 50.2 Å². The quantitative estimate of drug-likeness (QED) is 0.397. The summed E-state index contributed by atoms with van der Waals surface area (Å²) in [5.41, 5.74) is 2.51. The SMILES string of the molecule is Cc1cccc(Cl)n1.Cc1cccc(N2CCOCC2)n1.O=Cc1cccc(N2CCOCC2)n1. The second kappa shape index (κ2) is 14.4. The topological polar surface area (TPSA) is 80.7 Å². The highest BCUT2D eigenvalue weighted by atomic mass is 35.5. The van der Waals surface area contributed by atoms with Crippen LogP contribution in [0.3, 0.4) is 0 Å². The normalized spacial score (nSPS) is 15.3. The fourth-order valence-electron chi connectivity index (χ4n) is 3.48. The number of aldehydes is 1. The predicted molar refractivity (Wildman–Crippen MR) is 139 cm³/mol. The highest BCUT2D eigenvalue weighted by Gasteiger charge is 2.12. The third-order valence-electron chi connectivity index (χ3n) is 5.27. The molecule has 3 aromatic rings. The standard InChI is InChI=1S/C10H12N2O2.C10H14N2O.C6H6ClN/c13-8-9-2-1-3-10(11-9)12-4-6-14-7-5-12;1-9-3-2-4-10(11-9)12-5-7-13-8-6-12;1-5-3-2-4-6(7)8-5/h1-3,8H,4-7H2;2-4H,5-8H2,1H3;2-4H,1H3. The van der Waals surface area contributed by atoms with Gasteiger partial charge in [0.15, 0.2) is 6.29 Å².